The lowest BCUT2D eigenvalue weighted by molar-refractivity contribution is -0.168. The molecule has 6 unspecified atom stereocenters. The van der Waals surface area contributed by atoms with Crippen LogP contribution in [0, 0.1) is 46.3 Å². The van der Waals surface area contributed by atoms with Crippen LogP contribution in [0.2, 0.25) is 39.3 Å². The molecule has 0 bridgehead atoms. The fourth-order valence-corrected chi connectivity index (χ4v) is 12.6. The molecule has 0 aromatic heterocycles. The van der Waals surface area contributed by atoms with Gasteiger partial charge >= 0.3 is 5.97 Å². The van der Waals surface area contributed by atoms with Crippen molar-refractivity contribution in [2.45, 2.75) is 143 Å². The first-order valence-corrected chi connectivity index (χ1v) is 22.8. The average molecular weight is 565 g/mol. The molecule has 0 radical (unpaired) electrons. The fraction of sp³-hybridized carbons (Fsp3) is 0.969. The van der Waals surface area contributed by atoms with Crippen LogP contribution in [0.3, 0.4) is 0 Å². The lowest BCUT2D eigenvalue weighted by atomic mass is 9.43. The molecule has 0 aliphatic heterocycles. The monoisotopic (exact) mass is 564 g/mol. The van der Waals surface area contributed by atoms with E-state index in [4.69, 9.17) is 13.6 Å². The van der Waals surface area contributed by atoms with Crippen LogP contribution in [-0.4, -0.2) is 41.9 Å². The Hall–Kier alpha value is -0.176. The predicted molar refractivity (Wildman–Crippen MR) is 162 cm³/mol. The number of methoxy groups -OCH3 is 1. The molecular formula is C32H60O4Si2. The summed E-state index contributed by atoms with van der Waals surface area (Å²) < 4.78 is 18.8. The summed E-state index contributed by atoms with van der Waals surface area (Å²) in [6, 6.07) is 0. The Bertz CT molecular complexity index is 834. The topological polar surface area (TPSA) is 44.8 Å². The molecule has 10 atom stereocenters. The number of esters is 1. The Labute approximate surface area is 237 Å². The van der Waals surface area contributed by atoms with Gasteiger partial charge in [0.05, 0.1) is 7.11 Å². The Morgan fingerprint density at radius 2 is 1.50 bits per heavy atom. The quantitative estimate of drug-likeness (QED) is 0.208. The van der Waals surface area contributed by atoms with E-state index in [0.717, 1.165) is 36.5 Å². The van der Waals surface area contributed by atoms with Crippen LogP contribution in [0.25, 0.3) is 0 Å². The van der Waals surface area contributed by atoms with E-state index in [2.05, 4.69) is 60.1 Å². The number of hydrogen-bond donors (Lipinski definition) is 0. The van der Waals surface area contributed by atoms with E-state index >= 15 is 0 Å². The largest absolute Gasteiger partial charge is 0.469 e. The highest BCUT2D eigenvalue weighted by molar-refractivity contribution is 6.70. The van der Waals surface area contributed by atoms with Gasteiger partial charge in [0.2, 0.25) is 0 Å². The van der Waals surface area contributed by atoms with Crippen LogP contribution in [0.15, 0.2) is 0 Å². The maximum Gasteiger partial charge on any atom is 0.305 e. The van der Waals surface area contributed by atoms with Crippen molar-refractivity contribution in [1.29, 1.82) is 0 Å². The molecule has 4 nitrogen and oxygen atoms in total. The van der Waals surface area contributed by atoms with Gasteiger partial charge in [0.1, 0.15) is 0 Å². The Kier molecular flexibility index (Phi) is 9.11. The summed E-state index contributed by atoms with van der Waals surface area (Å²) >= 11 is 0. The van der Waals surface area contributed by atoms with Crippen molar-refractivity contribution in [1.82, 2.24) is 0 Å². The van der Waals surface area contributed by atoms with Crippen LogP contribution < -0.4 is 0 Å². The first-order chi connectivity index (χ1) is 17.6. The molecule has 0 aromatic rings. The van der Waals surface area contributed by atoms with Crippen LogP contribution in [0.5, 0.6) is 0 Å². The van der Waals surface area contributed by atoms with Crippen LogP contribution in [0.1, 0.15) is 91.4 Å². The summed E-state index contributed by atoms with van der Waals surface area (Å²) in [5.41, 5.74) is 0.850. The zero-order valence-electron chi connectivity index (χ0n) is 26.5. The van der Waals surface area contributed by atoms with Gasteiger partial charge in [-0.1, -0.05) is 20.8 Å². The van der Waals surface area contributed by atoms with E-state index in [1.54, 1.807) is 0 Å². The van der Waals surface area contributed by atoms with Crippen LogP contribution in [0.4, 0.5) is 0 Å². The third kappa shape index (κ3) is 6.33. The maximum absolute atomic E-state index is 11.7. The highest BCUT2D eigenvalue weighted by atomic mass is 28.4. The molecule has 4 fully saturated rings. The molecule has 6 heteroatoms. The summed E-state index contributed by atoms with van der Waals surface area (Å²) in [7, 11) is -1.69. The molecule has 0 spiro atoms. The van der Waals surface area contributed by atoms with Gasteiger partial charge in [-0.25, -0.2) is 0 Å². The normalized spacial score (nSPS) is 42.1. The smallest absolute Gasteiger partial charge is 0.305 e. The molecule has 0 aromatic carbocycles. The van der Waals surface area contributed by atoms with E-state index in [-0.39, 0.29) is 5.97 Å². The summed E-state index contributed by atoms with van der Waals surface area (Å²) in [5.74, 6) is 4.40. The molecule has 0 amide bonds. The fourth-order valence-electron chi connectivity index (χ4n) is 10.2. The van der Waals surface area contributed by atoms with Gasteiger partial charge < -0.3 is 13.6 Å². The highest BCUT2D eigenvalue weighted by Gasteiger charge is 2.63. The molecular weight excluding hydrogens is 505 g/mol. The predicted octanol–water partition coefficient (Wildman–Crippen LogP) is 8.67. The summed E-state index contributed by atoms with van der Waals surface area (Å²) in [5, 5.41) is 0. The number of ether oxygens (including phenoxy) is 1. The minimum atomic E-state index is -1.66. The van der Waals surface area contributed by atoms with Gasteiger partial charge in [0.15, 0.2) is 16.6 Å². The summed E-state index contributed by atoms with van der Waals surface area (Å²) in [6.07, 6.45) is 14.1. The van der Waals surface area contributed by atoms with Gasteiger partial charge in [-0.2, -0.15) is 0 Å². The van der Waals surface area contributed by atoms with Crippen LogP contribution in [-0.2, 0) is 18.4 Å². The van der Waals surface area contributed by atoms with E-state index < -0.39 is 16.6 Å². The highest BCUT2D eigenvalue weighted by Crippen LogP contribution is 2.69. The first kappa shape index (κ1) is 30.8. The molecule has 0 heterocycles. The average Bonchev–Trinajstić information content (AvgIpc) is 3.15. The second-order valence-corrected chi connectivity index (χ2v) is 25.2. The van der Waals surface area contributed by atoms with Crippen molar-refractivity contribution in [3.8, 4) is 0 Å². The third-order valence-electron chi connectivity index (χ3n) is 11.7. The van der Waals surface area contributed by atoms with Crippen molar-refractivity contribution in [3.63, 3.8) is 0 Å². The molecule has 0 N–H and O–H groups in total. The molecule has 4 aliphatic carbocycles. The number of rotatable bonds is 9. The number of fused-ring (bicyclic) bond motifs is 5. The van der Waals surface area contributed by atoms with Gasteiger partial charge in [-0.15, -0.1) is 0 Å². The van der Waals surface area contributed by atoms with Gasteiger partial charge in [0.25, 0.3) is 0 Å². The van der Waals surface area contributed by atoms with Crippen molar-refractivity contribution >= 4 is 22.6 Å². The number of carbonyl (C=O) groups excluding carboxylic acids is 1. The number of carbonyl (C=O) groups is 1. The minimum Gasteiger partial charge on any atom is -0.469 e. The third-order valence-corrected chi connectivity index (χ3v) is 13.7. The van der Waals surface area contributed by atoms with Gasteiger partial charge in [-0.05, 0) is 150 Å². The summed E-state index contributed by atoms with van der Waals surface area (Å²) in [4.78, 5) is 11.7. The lowest BCUT2D eigenvalue weighted by Crippen LogP contribution is -2.60. The van der Waals surface area contributed by atoms with Crippen molar-refractivity contribution < 1.29 is 18.4 Å². The number of hydrogen-bond acceptors (Lipinski definition) is 4. The zero-order valence-corrected chi connectivity index (χ0v) is 28.5. The molecule has 220 valence electrons. The van der Waals surface area contributed by atoms with Crippen molar-refractivity contribution in [2.24, 2.45) is 46.3 Å². The van der Waals surface area contributed by atoms with E-state index in [9.17, 15) is 4.79 Å². The molecule has 4 rings (SSSR count). The Morgan fingerprint density at radius 1 is 0.868 bits per heavy atom. The second-order valence-electron chi connectivity index (χ2n) is 16.3. The second kappa shape index (κ2) is 11.2. The Morgan fingerprint density at radius 3 is 2.13 bits per heavy atom. The Balaban J connectivity index is 1.55. The van der Waals surface area contributed by atoms with Crippen molar-refractivity contribution in [2.75, 3.05) is 7.11 Å². The van der Waals surface area contributed by atoms with E-state index in [1.165, 1.54) is 58.5 Å². The molecule has 4 saturated carbocycles. The first-order valence-electron chi connectivity index (χ1n) is 16.0. The molecule has 4 aliphatic rings. The van der Waals surface area contributed by atoms with Crippen LogP contribution >= 0.6 is 0 Å². The molecule has 0 saturated heterocycles. The maximum atomic E-state index is 11.7. The van der Waals surface area contributed by atoms with E-state index in [1.807, 2.05) is 0 Å². The molecule has 38 heavy (non-hydrogen) atoms. The van der Waals surface area contributed by atoms with Crippen molar-refractivity contribution in [3.05, 3.63) is 0 Å². The van der Waals surface area contributed by atoms with E-state index in [0.29, 0.717) is 41.3 Å². The minimum absolute atomic E-state index is 0.0606. The standard InChI is InChI=1S/C32H60O4Si2/c1-22(12-11-13-29(33)34-4)25-14-15-26-30-27(17-19-32(25,26)3)31(2)18-16-24(35-37(5,6)7)20-23(31)21-28(30)36-38(8,9)10/h22-28,30H,11-21H2,1-10H3/t22-,23?,24-,25?,26?,27?,28?,30?,31+,32-/m1/s1. The zero-order chi connectivity index (χ0) is 28.1. The van der Waals surface area contributed by atoms with Gasteiger partial charge in [0, 0.05) is 18.6 Å². The SMILES string of the molecule is COC(=O)CCC[C@@H](C)C1CCC2C3C(O[Si](C)(C)C)CC4C[C@H](O[Si](C)(C)C)CC[C@]4(C)C3CC[C@@]21C. The van der Waals surface area contributed by atoms with Gasteiger partial charge in [-0.3, -0.25) is 4.79 Å². The lowest BCUT2D eigenvalue weighted by Gasteiger charge is -2.64. The summed E-state index contributed by atoms with van der Waals surface area (Å²) in [6.45, 7) is 22.0.